The summed E-state index contributed by atoms with van der Waals surface area (Å²) in [6.07, 6.45) is 2.65. The molecule has 3 heterocycles. The Morgan fingerprint density at radius 2 is 1.70 bits per heavy atom. The molecule has 220 valence electrons. The number of esters is 1. The SMILES string of the molecule is COC(=O)[C@@H]1CC2CN1C(=O)[C@H](C(C)(C)C)NC(=O)OCCCCCCCOc1cccc3c1CN(C3)C(=O)O2. The van der Waals surface area contributed by atoms with Crippen LogP contribution in [0.25, 0.3) is 0 Å². The third-order valence-corrected chi connectivity index (χ3v) is 7.64. The predicted molar refractivity (Wildman–Crippen MR) is 144 cm³/mol. The number of amides is 3. The number of methoxy groups -OCH3 is 1. The highest BCUT2D eigenvalue weighted by molar-refractivity contribution is 5.91. The quantitative estimate of drug-likeness (QED) is 0.408. The molecule has 0 aromatic heterocycles. The Kier molecular flexibility index (Phi) is 9.42. The van der Waals surface area contributed by atoms with Crippen LogP contribution in [0.5, 0.6) is 5.75 Å². The summed E-state index contributed by atoms with van der Waals surface area (Å²) in [5.74, 6) is -0.301. The molecule has 0 radical (unpaired) electrons. The normalized spacial score (nSPS) is 25.1. The van der Waals surface area contributed by atoms with Gasteiger partial charge in [-0.3, -0.25) is 9.69 Å². The van der Waals surface area contributed by atoms with E-state index in [0.29, 0.717) is 26.1 Å². The summed E-state index contributed by atoms with van der Waals surface area (Å²) in [5, 5.41) is 2.70. The minimum absolute atomic E-state index is 0.00277. The van der Waals surface area contributed by atoms with Gasteiger partial charge in [0.15, 0.2) is 0 Å². The Hall–Kier alpha value is -3.50. The molecule has 3 atom stereocenters. The van der Waals surface area contributed by atoms with Crippen LogP contribution in [-0.4, -0.2) is 78.9 Å². The second-order valence-corrected chi connectivity index (χ2v) is 11.7. The van der Waals surface area contributed by atoms with Crippen molar-refractivity contribution in [1.82, 2.24) is 15.1 Å². The van der Waals surface area contributed by atoms with Crippen molar-refractivity contribution >= 4 is 24.1 Å². The smallest absolute Gasteiger partial charge is 0.410 e. The third-order valence-electron chi connectivity index (χ3n) is 7.64. The molecule has 3 amide bonds. The van der Waals surface area contributed by atoms with Gasteiger partial charge in [0.2, 0.25) is 5.91 Å². The maximum absolute atomic E-state index is 13.8. The molecule has 0 saturated carbocycles. The first kappa shape index (κ1) is 29.5. The summed E-state index contributed by atoms with van der Waals surface area (Å²) < 4.78 is 22.2. The molecule has 0 spiro atoms. The molecule has 0 aliphatic carbocycles. The van der Waals surface area contributed by atoms with Gasteiger partial charge in [0.1, 0.15) is 23.9 Å². The van der Waals surface area contributed by atoms with E-state index in [1.807, 2.05) is 39.0 Å². The largest absolute Gasteiger partial charge is 0.493 e. The average Bonchev–Trinajstić information content (AvgIpc) is 3.54. The molecule has 40 heavy (non-hydrogen) atoms. The number of cyclic esters (lactones) is 1. The minimum atomic E-state index is -0.967. The van der Waals surface area contributed by atoms with E-state index < -0.39 is 47.7 Å². The molecule has 11 nitrogen and oxygen atoms in total. The van der Waals surface area contributed by atoms with Crippen LogP contribution in [0.2, 0.25) is 0 Å². The highest BCUT2D eigenvalue weighted by atomic mass is 16.6. The fourth-order valence-electron chi connectivity index (χ4n) is 5.41. The van der Waals surface area contributed by atoms with Gasteiger partial charge in [0.25, 0.3) is 0 Å². The summed E-state index contributed by atoms with van der Waals surface area (Å²) in [7, 11) is 1.25. The molecule has 11 heteroatoms. The number of alkyl carbamates (subject to hydrolysis) is 1. The summed E-state index contributed by atoms with van der Waals surface area (Å²) >= 11 is 0. The lowest BCUT2D eigenvalue weighted by Crippen LogP contribution is -2.57. The Labute approximate surface area is 235 Å². The van der Waals surface area contributed by atoms with E-state index in [2.05, 4.69) is 5.32 Å². The molecule has 4 bridgehead atoms. The minimum Gasteiger partial charge on any atom is -0.493 e. The second-order valence-electron chi connectivity index (χ2n) is 11.7. The van der Waals surface area contributed by atoms with Crippen molar-refractivity contribution in [1.29, 1.82) is 0 Å². The van der Waals surface area contributed by atoms with Gasteiger partial charge in [-0.05, 0) is 29.9 Å². The van der Waals surface area contributed by atoms with Crippen molar-refractivity contribution in [2.45, 2.75) is 90.6 Å². The third kappa shape index (κ3) is 6.98. The van der Waals surface area contributed by atoms with Gasteiger partial charge in [0.05, 0.1) is 33.4 Å². The first-order chi connectivity index (χ1) is 19.1. The van der Waals surface area contributed by atoms with E-state index in [-0.39, 0.29) is 19.6 Å². The highest BCUT2D eigenvalue weighted by Gasteiger charge is 2.47. The highest BCUT2D eigenvalue weighted by Crippen LogP contribution is 2.33. The molecule has 1 unspecified atom stereocenters. The van der Waals surface area contributed by atoms with Crippen molar-refractivity contribution < 1.29 is 38.1 Å². The Morgan fingerprint density at radius 1 is 1.00 bits per heavy atom. The Balaban J connectivity index is 1.55. The van der Waals surface area contributed by atoms with Gasteiger partial charge in [-0.15, -0.1) is 0 Å². The predicted octanol–water partition coefficient (Wildman–Crippen LogP) is 3.77. The molecule has 1 aromatic carbocycles. The van der Waals surface area contributed by atoms with Crippen LogP contribution >= 0.6 is 0 Å². The van der Waals surface area contributed by atoms with Crippen LogP contribution in [0.4, 0.5) is 9.59 Å². The first-order valence-corrected chi connectivity index (χ1v) is 14.1. The molecule has 4 rings (SSSR count). The number of hydrogen-bond donors (Lipinski definition) is 1. The van der Waals surface area contributed by atoms with Crippen LogP contribution in [0, 0.1) is 5.41 Å². The molecule has 1 saturated heterocycles. The Bertz CT molecular complexity index is 1100. The maximum Gasteiger partial charge on any atom is 0.410 e. The van der Waals surface area contributed by atoms with Gasteiger partial charge in [-0.1, -0.05) is 52.2 Å². The van der Waals surface area contributed by atoms with Gasteiger partial charge in [-0.2, -0.15) is 0 Å². The summed E-state index contributed by atoms with van der Waals surface area (Å²) in [6, 6.07) is 3.90. The Morgan fingerprint density at radius 3 is 2.40 bits per heavy atom. The van der Waals surface area contributed by atoms with Gasteiger partial charge in [-0.25, -0.2) is 14.4 Å². The van der Waals surface area contributed by atoms with E-state index in [1.54, 1.807) is 4.90 Å². The number of carbonyl (C=O) groups is 4. The van der Waals surface area contributed by atoms with E-state index in [9.17, 15) is 19.2 Å². The number of benzene rings is 1. The number of fused-ring (bicyclic) bond motifs is 3. The molecule has 3 aliphatic heterocycles. The lowest BCUT2D eigenvalue weighted by atomic mass is 9.85. The summed E-state index contributed by atoms with van der Waals surface area (Å²) in [4.78, 5) is 55.2. The molecule has 1 aromatic rings. The zero-order valence-corrected chi connectivity index (χ0v) is 23.9. The second kappa shape index (κ2) is 12.8. The van der Waals surface area contributed by atoms with Crippen LogP contribution in [0.3, 0.4) is 0 Å². The number of rotatable bonds is 1. The van der Waals surface area contributed by atoms with E-state index in [4.69, 9.17) is 18.9 Å². The lowest BCUT2D eigenvalue weighted by Gasteiger charge is -2.34. The summed E-state index contributed by atoms with van der Waals surface area (Å²) in [6.45, 7) is 7.04. The lowest BCUT2D eigenvalue weighted by molar-refractivity contribution is -0.152. The van der Waals surface area contributed by atoms with Crippen LogP contribution in [-0.2, 0) is 36.9 Å². The summed E-state index contributed by atoms with van der Waals surface area (Å²) in [5.41, 5.74) is 1.30. The zero-order chi connectivity index (χ0) is 28.9. The maximum atomic E-state index is 13.8. The molecular weight excluding hydrogens is 518 g/mol. The molecule has 1 N–H and O–H groups in total. The first-order valence-electron chi connectivity index (χ1n) is 14.1. The van der Waals surface area contributed by atoms with Gasteiger partial charge >= 0.3 is 18.2 Å². The number of carbonyl (C=O) groups excluding carboxylic acids is 4. The van der Waals surface area contributed by atoms with Crippen LogP contribution in [0.15, 0.2) is 18.2 Å². The van der Waals surface area contributed by atoms with Crippen molar-refractivity contribution in [3.05, 3.63) is 29.3 Å². The van der Waals surface area contributed by atoms with Crippen molar-refractivity contribution in [2.24, 2.45) is 5.41 Å². The average molecular weight is 560 g/mol. The number of ether oxygens (including phenoxy) is 4. The fourth-order valence-corrected chi connectivity index (χ4v) is 5.41. The standard InChI is InChI=1S/C29H41N3O8/c1-29(2,3)24-25(33)32-17-20(15-22(32)26(34)37-4)40-28(36)31-16-19-11-10-12-23(21(19)18-31)38-13-8-6-5-7-9-14-39-27(35)30-24/h10-12,20,22,24H,5-9,13-18H2,1-4H3,(H,30,35)/t20?,22-,24+/m0/s1. The van der Waals surface area contributed by atoms with Gasteiger partial charge in [0, 0.05) is 18.5 Å². The topological polar surface area (TPSA) is 124 Å². The van der Waals surface area contributed by atoms with Crippen molar-refractivity contribution in [3.63, 3.8) is 0 Å². The zero-order valence-electron chi connectivity index (χ0n) is 23.9. The number of hydrogen-bond acceptors (Lipinski definition) is 8. The van der Waals surface area contributed by atoms with E-state index >= 15 is 0 Å². The number of nitrogens with zero attached hydrogens (tertiary/aromatic N) is 2. The molecule has 3 aliphatic rings. The van der Waals surface area contributed by atoms with Crippen molar-refractivity contribution in [3.8, 4) is 5.75 Å². The van der Waals surface area contributed by atoms with Gasteiger partial charge < -0.3 is 29.2 Å². The van der Waals surface area contributed by atoms with Crippen LogP contribution in [0.1, 0.15) is 70.4 Å². The fraction of sp³-hybridized carbons (Fsp3) is 0.655. The number of nitrogens with one attached hydrogen (secondary N) is 1. The van der Waals surface area contributed by atoms with E-state index in [1.165, 1.54) is 12.0 Å². The van der Waals surface area contributed by atoms with Crippen LogP contribution < -0.4 is 10.1 Å². The molecule has 1 fully saturated rings. The monoisotopic (exact) mass is 559 g/mol. The molecular formula is C29H41N3O8. The van der Waals surface area contributed by atoms with E-state index in [0.717, 1.165) is 42.6 Å². The van der Waals surface area contributed by atoms with Crippen molar-refractivity contribution in [2.75, 3.05) is 26.9 Å².